The predicted octanol–water partition coefficient (Wildman–Crippen LogP) is 1.57. The van der Waals surface area contributed by atoms with Crippen molar-refractivity contribution in [2.45, 2.75) is 13.3 Å². The van der Waals surface area contributed by atoms with Gasteiger partial charge in [-0.3, -0.25) is 10.1 Å². The van der Waals surface area contributed by atoms with Gasteiger partial charge in [0.25, 0.3) is 5.88 Å². The normalized spacial score (nSPS) is 9.76. The third-order valence-corrected chi connectivity index (χ3v) is 1.87. The maximum Gasteiger partial charge on any atom is 0.356 e. The Kier molecular flexibility index (Phi) is 4.38. The SMILES string of the molecule is CCCOc1nc(C(=O)OC)ccc1[N+](=O)[O-]. The number of carbonyl (C=O) groups excluding carboxylic acids is 1. The van der Waals surface area contributed by atoms with Crippen molar-refractivity contribution in [3.63, 3.8) is 0 Å². The molecule has 1 aromatic rings. The number of esters is 1. The summed E-state index contributed by atoms with van der Waals surface area (Å²) in [6.45, 7) is 2.15. The van der Waals surface area contributed by atoms with Crippen LogP contribution in [0.2, 0.25) is 0 Å². The first-order chi connectivity index (χ1) is 8.10. The second-order valence-electron chi connectivity index (χ2n) is 3.12. The maximum absolute atomic E-state index is 11.2. The molecule has 1 aromatic heterocycles. The number of nitro groups is 1. The van der Waals surface area contributed by atoms with Crippen LogP contribution in [0.4, 0.5) is 5.69 Å². The minimum absolute atomic E-state index is 0.0239. The quantitative estimate of drug-likeness (QED) is 0.440. The lowest BCUT2D eigenvalue weighted by atomic mass is 10.3. The Morgan fingerprint density at radius 3 is 2.76 bits per heavy atom. The van der Waals surface area contributed by atoms with Crippen LogP contribution < -0.4 is 4.74 Å². The Balaban J connectivity index is 3.09. The fourth-order valence-electron chi connectivity index (χ4n) is 1.10. The van der Waals surface area contributed by atoms with Gasteiger partial charge in [0, 0.05) is 6.07 Å². The zero-order chi connectivity index (χ0) is 12.8. The number of nitrogens with zero attached hydrogens (tertiary/aromatic N) is 2. The second-order valence-corrected chi connectivity index (χ2v) is 3.12. The molecule has 0 spiro atoms. The summed E-state index contributed by atoms with van der Waals surface area (Å²) in [7, 11) is 1.21. The number of carbonyl (C=O) groups is 1. The van der Waals surface area contributed by atoms with Gasteiger partial charge in [0.05, 0.1) is 18.6 Å². The molecule has 1 rings (SSSR count). The number of aromatic nitrogens is 1. The molecule has 0 aliphatic heterocycles. The summed E-state index contributed by atoms with van der Waals surface area (Å²) in [6.07, 6.45) is 0.682. The molecule has 0 aliphatic carbocycles. The molecule has 0 unspecified atom stereocenters. The van der Waals surface area contributed by atoms with Crippen LogP contribution in [0.5, 0.6) is 5.88 Å². The second kappa shape index (κ2) is 5.78. The summed E-state index contributed by atoms with van der Waals surface area (Å²) in [5.74, 6) is -0.832. The molecule has 1 heterocycles. The highest BCUT2D eigenvalue weighted by Crippen LogP contribution is 2.24. The first-order valence-electron chi connectivity index (χ1n) is 4.96. The van der Waals surface area contributed by atoms with E-state index >= 15 is 0 Å². The van der Waals surface area contributed by atoms with Crippen molar-refractivity contribution in [3.05, 3.63) is 27.9 Å². The van der Waals surface area contributed by atoms with Crippen molar-refractivity contribution >= 4 is 11.7 Å². The van der Waals surface area contributed by atoms with Gasteiger partial charge in [0.15, 0.2) is 5.69 Å². The van der Waals surface area contributed by atoms with Gasteiger partial charge in [-0.05, 0) is 12.5 Å². The molecule has 0 radical (unpaired) electrons. The first kappa shape index (κ1) is 12.9. The molecule has 0 saturated carbocycles. The van der Waals surface area contributed by atoms with Gasteiger partial charge in [-0.2, -0.15) is 0 Å². The molecule has 0 saturated heterocycles. The first-order valence-corrected chi connectivity index (χ1v) is 4.96. The molecule has 17 heavy (non-hydrogen) atoms. The molecule has 0 aliphatic rings. The average Bonchev–Trinajstić information content (AvgIpc) is 2.34. The lowest BCUT2D eigenvalue weighted by Crippen LogP contribution is -2.08. The summed E-state index contributed by atoms with van der Waals surface area (Å²) in [5.41, 5.74) is -0.296. The maximum atomic E-state index is 11.2. The molecule has 0 N–H and O–H groups in total. The Morgan fingerprint density at radius 1 is 1.53 bits per heavy atom. The average molecular weight is 240 g/mol. The van der Waals surface area contributed by atoms with E-state index in [1.54, 1.807) is 0 Å². The summed E-state index contributed by atoms with van der Waals surface area (Å²) in [5, 5.41) is 10.7. The molecule has 0 atom stereocenters. The fraction of sp³-hybridized carbons (Fsp3) is 0.400. The number of methoxy groups -OCH3 is 1. The third kappa shape index (κ3) is 3.13. The van der Waals surface area contributed by atoms with E-state index in [4.69, 9.17) is 4.74 Å². The zero-order valence-electron chi connectivity index (χ0n) is 9.50. The predicted molar refractivity (Wildman–Crippen MR) is 58.0 cm³/mol. The summed E-state index contributed by atoms with van der Waals surface area (Å²) >= 11 is 0. The highest BCUT2D eigenvalue weighted by atomic mass is 16.6. The largest absolute Gasteiger partial charge is 0.473 e. The number of pyridine rings is 1. The van der Waals surface area contributed by atoms with Crippen LogP contribution in [0.15, 0.2) is 12.1 Å². The van der Waals surface area contributed by atoms with Crippen LogP contribution in [0, 0.1) is 10.1 Å². The highest BCUT2D eigenvalue weighted by Gasteiger charge is 2.20. The molecule has 7 heteroatoms. The zero-order valence-corrected chi connectivity index (χ0v) is 9.50. The monoisotopic (exact) mass is 240 g/mol. The molecular weight excluding hydrogens is 228 g/mol. The number of hydrogen-bond donors (Lipinski definition) is 0. The molecule has 0 bridgehead atoms. The van der Waals surface area contributed by atoms with Gasteiger partial charge in [-0.1, -0.05) is 6.92 Å². The van der Waals surface area contributed by atoms with Gasteiger partial charge < -0.3 is 9.47 Å². The smallest absolute Gasteiger partial charge is 0.356 e. The number of rotatable bonds is 5. The van der Waals surface area contributed by atoms with Crippen LogP contribution in [0.25, 0.3) is 0 Å². The van der Waals surface area contributed by atoms with E-state index in [9.17, 15) is 14.9 Å². The Hall–Kier alpha value is -2.18. The standard InChI is InChI=1S/C10H12N2O5/c1-3-6-17-9-8(12(14)15)5-4-7(11-9)10(13)16-2/h4-5H,3,6H2,1-2H3. The van der Waals surface area contributed by atoms with E-state index in [0.29, 0.717) is 13.0 Å². The molecule has 0 amide bonds. The van der Waals surface area contributed by atoms with Crippen molar-refractivity contribution in [3.8, 4) is 5.88 Å². The Labute approximate surface area is 97.5 Å². The lowest BCUT2D eigenvalue weighted by Gasteiger charge is -2.05. The highest BCUT2D eigenvalue weighted by molar-refractivity contribution is 5.87. The molecule has 0 aromatic carbocycles. The van der Waals surface area contributed by atoms with E-state index < -0.39 is 10.9 Å². The van der Waals surface area contributed by atoms with E-state index in [1.165, 1.54) is 19.2 Å². The van der Waals surface area contributed by atoms with Crippen LogP contribution in [-0.2, 0) is 4.74 Å². The van der Waals surface area contributed by atoms with Gasteiger partial charge >= 0.3 is 11.7 Å². The fourth-order valence-corrected chi connectivity index (χ4v) is 1.10. The topological polar surface area (TPSA) is 91.6 Å². The van der Waals surface area contributed by atoms with Crippen molar-refractivity contribution in [1.82, 2.24) is 4.98 Å². The van der Waals surface area contributed by atoms with Gasteiger partial charge in [-0.15, -0.1) is 0 Å². The van der Waals surface area contributed by atoms with Gasteiger partial charge in [0.2, 0.25) is 0 Å². The van der Waals surface area contributed by atoms with E-state index in [0.717, 1.165) is 0 Å². The van der Waals surface area contributed by atoms with Crippen LogP contribution >= 0.6 is 0 Å². The summed E-state index contributed by atoms with van der Waals surface area (Å²) < 4.78 is 9.59. The minimum atomic E-state index is -0.666. The summed E-state index contributed by atoms with van der Waals surface area (Å²) in [6, 6.07) is 2.40. The number of ether oxygens (including phenoxy) is 2. The molecule has 7 nitrogen and oxygen atoms in total. The van der Waals surface area contributed by atoms with E-state index in [-0.39, 0.29) is 17.3 Å². The van der Waals surface area contributed by atoms with Crippen LogP contribution in [-0.4, -0.2) is 29.6 Å². The van der Waals surface area contributed by atoms with Crippen molar-refractivity contribution < 1.29 is 19.2 Å². The Morgan fingerprint density at radius 2 is 2.24 bits per heavy atom. The Bertz CT molecular complexity index is 433. The van der Waals surface area contributed by atoms with Crippen molar-refractivity contribution in [2.75, 3.05) is 13.7 Å². The third-order valence-electron chi connectivity index (χ3n) is 1.87. The molecule has 0 fully saturated rings. The lowest BCUT2D eigenvalue weighted by molar-refractivity contribution is -0.386. The van der Waals surface area contributed by atoms with Gasteiger partial charge in [-0.25, -0.2) is 9.78 Å². The van der Waals surface area contributed by atoms with E-state index in [2.05, 4.69) is 9.72 Å². The summed E-state index contributed by atoms with van der Waals surface area (Å²) in [4.78, 5) is 25.1. The number of hydrogen-bond acceptors (Lipinski definition) is 6. The van der Waals surface area contributed by atoms with Crippen LogP contribution in [0.3, 0.4) is 0 Å². The minimum Gasteiger partial charge on any atom is -0.473 e. The van der Waals surface area contributed by atoms with Crippen molar-refractivity contribution in [2.24, 2.45) is 0 Å². The van der Waals surface area contributed by atoms with Gasteiger partial charge in [0.1, 0.15) is 0 Å². The van der Waals surface area contributed by atoms with Crippen molar-refractivity contribution in [1.29, 1.82) is 0 Å². The molecular formula is C10H12N2O5. The van der Waals surface area contributed by atoms with Crippen LogP contribution in [0.1, 0.15) is 23.8 Å². The molecule has 92 valence electrons. The van der Waals surface area contributed by atoms with E-state index in [1.807, 2.05) is 6.92 Å².